The summed E-state index contributed by atoms with van der Waals surface area (Å²) in [5.74, 6) is 1.51. The minimum absolute atomic E-state index is 0.716. The zero-order valence-electron chi connectivity index (χ0n) is 12.5. The Balaban J connectivity index is 2.20. The number of aryl methyl sites for hydroxylation is 2. The van der Waals surface area contributed by atoms with Gasteiger partial charge >= 0.3 is 0 Å². The molecule has 18 heavy (non-hydrogen) atoms. The number of nitrogens with one attached hydrogen (secondary N) is 1. The zero-order valence-corrected chi connectivity index (χ0v) is 12.5. The van der Waals surface area contributed by atoms with Crippen molar-refractivity contribution in [3.63, 3.8) is 0 Å². The van der Waals surface area contributed by atoms with Gasteiger partial charge in [-0.2, -0.15) is 5.10 Å². The molecule has 3 atom stereocenters. The van der Waals surface area contributed by atoms with Gasteiger partial charge in [-0.25, -0.2) is 0 Å². The molecule has 3 nitrogen and oxygen atoms in total. The molecule has 3 unspecified atom stereocenters. The quantitative estimate of drug-likeness (QED) is 0.869. The first-order chi connectivity index (χ1) is 8.63. The van der Waals surface area contributed by atoms with Crippen LogP contribution in [0.4, 0.5) is 0 Å². The molecule has 3 heteroatoms. The van der Waals surface area contributed by atoms with Crippen molar-refractivity contribution in [2.45, 2.75) is 66.0 Å². The lowest BCUT2D eigenvalue weighted by atomic mass is 9.64. The van der Waals surface area contributed by atoms with Gasteiger partial charge in [0.05, 0.1) is 5.69 Å². The van der Waals surface area contributed by atoms with Crippen molar-refractivity contribution < 1.29 is 0 Å². The van der Waals surface area contributed by atoms with Crippen LogP contribution in [-0.4, -0.2) is 22.4 Å². The van der Waals surface area contributed by atoms with Gasteiger partial charge in [-0.1, -0.05) is 20.3 Å². The highest BCUT2D eigenvalue weighted by atomic mass is 15.3. The van der Waals surface area contributed by atoms with Crippen LogP contribution in [0.2, 0.25) is 0 Å². The maximum Gasteiger partial charge on any atom is 0.0631 e. The number of aromatic nitrogens is 2. The number of hydrogen-bond donors (Lipinski definition) is 1. The molecule has 1 aliphatic rings. The Bertz CT molecular complexity index is 408. The van der Waals surface area contributed by atoms with Crippen LogP contribution in [0.3, 0.4) is 0 Å². The highest BCUT2D eigenvalue weighted by molar-refractivity contribution is 5.32. The Morgan fingerprint density at radius 2 is 2.00 bits per heavy atom. The Morgan fingerprint density at radius 3 is 2.50 bits per heavy atom. The number of hydrogen-bond acceptors (Lipinski definition) is 2. The molecule has 2 rings (SSSR count). The maximum atomic E-state index is 4.67. The van der Waals surface area contributed by atoms with E-state index in [0.29, 0.717) is 6.04 Å². The highest BCUT2D eigenvalue weighted by Gasteiger charge is 2.42. The first-order valence-corrected chi connectivity index (χ1v) is 7.41. The molecule has 0 spiro atoms. The molecule has 0 radical (unpaired) electrons. The minimum atomic E-state index is 0.716. The fourth-order valence-electron chi connectivity index (χ4n) is 3.66. The summed E-state index contributed by atoms with van der Waals surface area (Å²) >= 11 is 0. The summed E-state index contributed by atoms with van der Waals surface area (Å²) in [5, 5.41) is 8.28. The lowest BCUT2D eigenvalue weighted by molar-refractivity contribution is 0.161. The van der Waals surface area contributed by atoms with Crippen molar-refractivity contribution in [1.29, 1.82) is 0 Å². The highest BCUT2D eigenvalue weighted by Crippen LogP contribution is 2.46. The summed E-state index contributed by atoms with van der Waals surface area (Å²) < 4.78 is 2.15. The van der Waals surface area contributed by atoms with Crippen molar-refractivity contribution in [3.8, 4) is 0 Å². The normalized spacial score (nSPS) is 27.3. The van der Waals surface area contributed by atoms with Crippen LogP contribution in [-0.2, 0) is 6.54 Å². The van der Waals surface area contributed by atoms with Crippen LogP contribution in [0.15, 0.2) is 0 Å². The van der Waals surface area contributed by atoms with Gasteiger partial charge in [0.1, 0.15) is 0 Å². The Labute approximate surface area is 111 Å². The molecule has 0 aliphatic heterocycles. The SMILES string of the molecule is CCNC1CC(c2c(C)nn(CC)c2C)C1CC. The summed E-state index contributed by atoms with van der Waals surface area (Å²) in [5.41, 5.74) is 4.15. The van der Waals surface area contributed by atoms with E-state index in [4.69, 9.17) is 0 Å². The standard InChI is InChI=1S/C15H27N3/c1-6-12-13(9-14(12)16-7-2)15-10(4)17-18(8-3)11(15)5/h12-14,16H,6-9H2,1-5H3. The van der Waals surface area contributed by atoms with E-state index in [1.807, 2.05) is 0 Å². The van der Waals surface area contributed by atoms with E-state index in [1.54, 1.807) is 0 Å². The van der Waals surface area contributed by atoms with Crippen LogP contribution in [0, 0.1) is 19.8 Å². The Hall–Kier alpha value is -0.830. The maximum absolute atomic E-state index is 4.67. The topological polar surface area (TPSA) is 29.9 Å². The predicted molar refractivity (Wildman–Crippen MR) is 76.0 cm³/mol. The largest absolute Gasteiger partial charge is 0.314 e. The van der Waals surface area contributed by atoms with Crippen LogP contribution in [0.5, 0.6) is 0 Å². The minimum Gasteiger partial charge on any atom is -0.314 e. The summed E-state index contributed by atoms with van der Waals surface area (Å²) in [6.07, 6.45) is 2.54. The zero-order chi connectivity index (χ0) is 13.3. The van der Waals surface area contributed by atoms with Crippen molar-refractivity contribution in [3.05, 3.63) is 17.0 Å². The van der Waals surface area contributed by atoms with Gasteiger partial charge in [-0.05, 0) is 51.1 Å². The number of nitrogens with zero attached hydrogens (tertiary/aromatic N) is 2. The van der Waals surface area contributed by atoms with E-state index in [2.05, 4.69) is 49.7 Å². The second-order valence-corrected chi connectivity index (χ2v) is 5.48. The van der Waals surface area contributed by atoms with E-state index in [1.165, 1.54) is 29.8 Å². The van der Waals surface area contributed by atoms with E-state index in [9.17, 15) is 0 Å². The molecule has 1 aliphatic carbocycles. The van der Waals surface area contributed by atoms with E-state index < -0.39 is 0 Å². The van der Waals surface area contributed by atoms with Crippen molar-refractivity contribution in [1.82, 2.24) is 15.1 Å². The molecular formula is C15H27N3. The van der Waals surface area contributed by atoms with Gasteiger partial charge in [0, 0.05) is 18.3 Å². The molecule has 102 valence electrons. The molecule has 0 amide bonds. The molecule has 0 aromatic carbocycles. The first-order valence-electron chi connectivity index (χ1n) is 7.41. The second kappa shape index (κ2) is 5.43. The van der Waals surface area contributed by atoms with E-state index >= 15 is 0 Å². The average Bonchev–Trinajstić information content (AvgIpc) is 2.60. The van der Waals surface area contributed by atoms with Gasteiger partial charge in [0.15, 0.2) is 0 Å². The van der Waals surface area contributed by atoms with Crippen molar-refractivity contribution in [2.24, 2.45) is 5.92 Å². The molecule has 1 N–H and O–H groups in total. The number of rotatable bonds is 5. The third kappa shape index (κ3) is 2.09. The fraction of sp³-hybridized carbons (Fsp3) is 0.800. The lowest BCUT2D eigenvalue weighted by Gasteiger charge is -2.45. The lowest BCUT2D eigenvalue weighted by Crippen LogP contribution is -2.49. The molecule has 0 bridgehead atoms. The summed E-state index contributed by atoms with van der Waals surface area (Å²) in [6.45, 7) is 13.1. The summed E-state index contributed by atoms with van der Waals surface area (Å²) in [4.78, 5) is 0. The monoisotopic (exact) mass is 249 g/mol. The van der Waals surface area contributed by atoms with Crippen LogP contribution < -0.4 is 5.32 Å². The van der Waals surface area contributed by atoms with Crippen molar-refractivity contribution in [2.75, 3.05) is 6.54 Å². The Morgan fingerprint density at radius 1 is 1.28 bits per heavy atom. The van der Waals surface area contributed by atoms with Gasteiger partial charge in [0.25, 0.3) is 0 Å². The third-order valence-electron chi connectivity index (χ3n) is 4.59. The van der Waals surface area contributed by atoms with Gasteiger partial charge in [0.2, 0.25) is 0 Å². The fourth-order valence-corrected chi connectivity index (χ4v) is 3.66. The molecular weight excluding hydrogens is 222 g/mol. The van der Waals surface area contributed by atoms with Crippen molar-refractivity contribution >= 4 is 0 Å². The molecule has 1 saturated carbocycles. The van der Waals surface area contributed by atoms with Crippen LogP contribution in [0.1, 0.15) is 56.5 Å². The molecule has 0 saturated heterocycles. The van der Waals surface area contributed by atoms with Gasteiger partial charge in [-0.3, -0.25) is 4.68 Å². The predicted octanol–water partition coefficient (Wildman–Crippen LogP) is 3.01. The summed E-state index contributed by atoms with van der Waals surface area (Å²) in [7, 11) is 0. The van der Waals surface area contributed by atoms with Gasteiger partial charge in [-0.15, -0.1) is 0 Å². The van der Waals surface area contributed by atoms with Crippen LogP contribution >= 0.6 is 0 Å². The smallest absolute Gasteiger partial charge is 0.0631 e. The molecule has 1 aromatic rings. The molecule has 1 aromatic heterocycles. The first kappa shape index (κ1) is 13.6. The van der Waals surface area contributed by atoms with Crippen LogP contribution in [0.25, 0.3) is 0 Å². The van der Waals surface area contributed by atoms with E-state index in [-0.39, 0.29) is 0 Å². The second-order valence-electron chi connectivity index (χ2n) is 5.48. The van der Waals surface area contributed by atoms with Gasteiger partial charge < -0.3 is 5.32 Å². The Kier molecular flexibility index (Phi) is 4.10. The average molecular weight is 249 g/mol. The summed E-state index contributed by atoms with van der Waals surface area (Å²) in [6, 6.07) is 0.716. The molecule has 1 heterocycles. The van der Waals surface area contributed by atoms with E-state index in [0.717, 1.165) is 24.9 Å². The third-order valence-corrected chi connectivity index (χ3v) is 4.59. The molecule has 1 fully saturated rings.